The van der Waals surface area contributed by atoms with Crippen LogP contribution in [0.5, 0.6) is 5.75 Å². The van der Waals surface area contributed by atoms with Crippen LogP contribution in [0.25, 0.3) is 0 Å². The fourth-order valence-electron chi connectivity index (χ4n) is 2.27. The van der Waals surface area contributed by atoms with Gasteiger partial charge in [0.15, 0.2) is 0 Å². The van der Waals surface area contributed by atoms with E-state index < -0.39 is 0 Å². The van der Waals surface area contributed by atoms with Crippen LogP contribution < -0.4 is 10.5 Å². The molecule has 1 aromatic carbocycles. The number of halogens is 1. The summed E-state index contributed by atoms with van der Waals surface area (Å²) in [6, 6.07) is 4.09. The second-order valence-corrected chi connectivity index (χ2v) is 4.89. The summed E-state index contributed by atoms with van der Waals surface area (Å²) in [5, 5.41) is 0.689. The van der Waals surface area contributed by atoms with E-state index >= 15 is 0 Å². The third-order valence-corrected chi connectivity index (χ3v) is 3.87. The number of ether oxygens (including phenoxy) is 1. The zero-order valence-corrected chi connectivity index (χ0v) is 10.6. The van der Waals surface area contributed by atoms with E-state index in [-0.39, 0.29) is 5.41 Å². The van der Waals surface area contributed by atoms with Crippen molar-refractivity contribution in [3.05, 3.63) is 28.3 Å². The van der Waals surface area contributed by atoms with Crippen LogP contribution in [0.15, 0.2) is 12.1 Å². The van der Waals surface area contributed by atoms with Crippen LogP contribution >= 0.6 is 11.6 Å². The van der Waals surface area contributed by atoms with Crippen molar-refractivity contribution in [3.8, 4) is 5.75 Å². The molecule has 0 aromatic heterocycles. The van der Waals surface area contributed by atoms with Crippen molar-refractivity contribution in [1.29, 1.82) is 0 Å². The molecule has 2 rings (SSSR count). The van der Waals surface area contributed by atoms with Gasteiger partial charge in [-0.2, -0.15) is 0 Å². The van der Waals surface area contributed by atoms with E-state index in [0.717, 1.165) is 12.2 Å². The Labute approximate surface area is 102 Å². The Morgan fingerprint density at radius 3 is 2.56 bits per heavy atom. The number of aryl methyl sites for hydroxylation is 1. The van der Waals surface area contributed by atoms with Gasteiger partial charge in [-0.25, -0.2) is 0 Å². The lowest BCUT2D eigenvalue weighted by molar-refractivity contribution is 0.414. The largest absolute Gasteiger partial charge is 0.495 e. The van der Waals surface area contributed by atoms with Gasteiger partial charge in [0.1, 0.15) is 5.75 Å². The molecule has 0 radical (unpaired) electrons. The molecule has 3 heteroatoms. The second-order valence-electron chi connectivity index (χ2n) is 4.48. The van der Waals surface area contributed by atoms with Crippen LogP contribution in [0.1, 0.15) is 30.9 Å². The van der Waals surface area contributed by atoms with Crippen LogP contribution in [0, 0.1) is 0 Å². The third kappa shape index (κ3) is 1.80. The van der Waals surface area contributed by atoms with Crippen LogP contribution in [0.4, 0.5) is 0 Å². The standard InChI is InChI=1S/C13H18ClNO/c1-3-9-6-12(16-2)11(14)7-10(9)13(8-15)4-5-13/h6-7H,3-5,8,15H2,1-2H3. The Bertz CT molecular complexity index is 399. The van der Waals surface area contributed by atoms with Crippen LogP contribution in [-0.4, -0.2) is 13.7 Å². The maximum Gasteiger partial charge on any atom is 0.137 e. The van der Waals surface area contributed by atoms with Gasteiger partial charge in [-0.3, -0.25) is 0 Å². The van der Waals surface area contributed by atoms with Gasteiger partial charge in [0.05, 0.1) is 12.1 Å². The molecule has 1 saturated carbocycles. The minimum absolute atomic E-state index is 0.196. The average Bonchev–Trinajstić information content (AvgIpc) is 3.09. The second kappa shape index (κ2) is 4.27. The molecule has 1 fully saturated rings. The molecule has 0 heterocycles. The summed E-state index contributed by atoms with van der Waals surface area (Å²) < 4.78 is 5.25. The van der Waals surface area contributed by atoms with Gasteiger partial charge in [0.25, 0.3) is 0 Å². The third-order valence-electron chi connectivity index (χ3n) is 3.57. The van der Waals surface area contributed by atoms with E-state index in [9.17, 15) is 0 Å². The molecule has 0 aliphatic heterocycles. The fourth-order valence-corrected chi connectivity index (χ4v) is 2.51. The molecule has 16 heavy (non-hydrogen) atoms. The Morgan fingerprint density at radius 2 is 2.12 bits per heavy atom. The lowest BCUT2D eigenvalue weighted by atomic mass is 9.90. The summed E-state index contributed by atoms with van der Waals surface area (Å²) in [7, 11) is 1.65. The van der Waals surface area contributed by atoms with Gasteiger partial charge in [-0.15, -0.1) is 0 Å². The molecule has 1 aliphatic carbocycles. The van der Waals surface area contributed by atoms with E-state index in [2.05, 4.69) is 6.92 Å². The first-order valence-electron chi connectivity index (χ1n) is 5.74. The number of hydrogen-bond donors (Lipinski definition) is 1. The summed E-state index contributed by atoms with van der Waals surface area (Å²) >= 11 is 6.18. The molecular weight excluding hydrogens is 222 g/mol. The van der Waals surface area contributed by atoms with Gasteiger partial charge < -0.3 is 10.5 Å². The maximum atomic E-state index is 6.18. The SMILES string of the molecule is CCc1cc(OC)c(Cl)cc1C1(CN)CC1. The number of benzene rings is 1. The normalized spacial score (nSPS) is 17.2. The van der Waals surface area contributed by atoms with Crippen molar-refractivity contribution in [1.82, 2.24) is 0 Å². The predicted octanol–water partition coefficient (Wildman–Crippen LogP) is 2.90. The minimum atomic E-state index is 0.196. The molecule has 0 bridgehead atoms. The van der Waals surface area contributed by atoms with Gasteiger partial charge in [-0.05, 0) is 42.5 Å². The van der Waals surface area contributed by atoms with Crippen molar-refractivity contribution >= 4 is 11.6 Å². The van der Waals surface area contributed by atoms with Crippen LogP contribution in [0.2, 0.25) is 5.02 Å². The molecule has 0 unspecified atom stereocenters. The molecule has 0 spiro atoms. The Kier molecular flexibility index (Phi) is 3.13. The summed E-state index contributed by atoms with van der Waals surface area (Å²) in [6.07, 6.45) is 3.35. The molecule has 0 atom stereocenters. The highest BCUT2D eigenvalue weighted by atomic mass is 35.5. The molecule has 1 aliphatic rings. The number of nitrogens with two attached hydrogens (primary N) is 1. The Morgan fingerprint density at radius 1 is 1.44 bits per heavy atom. The van der Waals surface area contributed by atoms with Gasteiger partial charge in [0.2, 0.25) is 0 Å². The van der Waals surface area contributed by atoms with Crippen LogP contribution in [-0.2, 0) is 11.8 Å². The summed E-state index contributed by atoms with van der Waals surface area (Å²) in [4.78, 5) is 0. The van der Waals surface area contributed by atoms with Gasteiger partial charge >= 0.3 is 0 Å². The number of hydrogen-bond acceptors (Lipinski definition) is 2. The van der Waals surface area contributed by atoms with Gasteiger partial charge in [-0.1, -0.05) is 18.5 Å². The summed E-state index contributed by atoms with van der Waals surface area (Å²) in [5.41, 5.74) is 8.70. The first kappa shape index (κ1) is 11.7. The quantitative estimate of drug-likeness (QED) is 0.877. The molecule has 1 aromatic rings. The molecule has 0 saturated heterocycles. The highest BCUT2D eigenvalue weighted by Gasteiger charge is 2.44. The molecule has 2 nitrogen and oxygen atoms in total. The number of rotatable bonds is 4. The molecular formula is C13H18ClNO. The van der Waals surface area contributed by atoms with E-state index in [1.54, 1.807) is 7.11 Å². The highest BCUT2D eigenvalue weighted by Crippen LogP contribution is 2.50. The monoisotopic (exact) mass is 239 g/mol. The van der Waals surface area contributed by atoms with E-state index in [1.165, 1.54) is 24.0 Å². The fraction of sp³-hybridized carbons (Fsp3) is 0.538. The zero-order chi connectivity index (χ0) is 11.8. The Hall–Kier alpha value is -0.730. The van der Waals surface area contributed by atoms with Crippen molar-refractivity contribution < 1.29 is 4.74 Å². The van der Waals surface area contributed by atoms with Crippen molar-refractivity contribution in [2.75, 3.05) is 13.7 Å². The highest BCUT2D eigenvalue weighted by molar-refractivity contribution is 6.32. The summed E-state index contributed by atoms with van der Waals surface area (Å²) in [6.45, 7) is 2.86. The topological polar surface area (TPSA) is 35.2 Å². The van der Waals surface area contributed by atoms with E-state index in [1.807, 2.05) is 12.1 Å². The van der Waals surface area contributed by atoms with Crippen LogP contribution in [0.3, 0.4) is 0 Å². The summed E-state index contributed by atoms with van der Waals surface area (Å²) in [5.74, 6) is 0.759. The molecule has 2 N–H and O–H groups in total. The lowest BCUT2D eigenvalue weighted by Crippen LogP contribution is -2.21. The first-order chi connectivity index (χ1) is 7.66. The van der Waals surface area contributed by atoms with E-state index in [4.69, 9.17) is 22.1 Å². The zero-order valence-electron chi connectivity index (χ0n) is 9.85. The van der Waals surface area contributed by atoms with Gasteiger partial charge in [0, 0.05) is 12.0 Å². The maximum absolute atomic E-state index is 6.18. The lowest BCUT2D eigenvalue weighted by Gasteiger charge is -2.19. The molecule has 0 amide bonds. The molecule has 88 valence electrons. The smallest absolute Gasteiger partial charge is 0.137 e. The average molecular weight is 240 g/mol. The number of methoxy groups -OCH3 is 1. The minimum Gasteiger partial charge on any atom is -0.495 e. The van der Waals surface area contributed by atoms with Crippen molar-refractivity contribution in [2.45, 2.75) is 31.6 Å². The van der Waals surface area contributed by atoms with E-state index in [0.29, 0.717) is 11.6 Å². The van der Waals surface area contributed by atoms with Crippen molar-refractivity contribution in [2.24, 2.45) is 5.73 Å². The predicted molar refractivity (Wildman–Crippen MR) is 67.3 cm³/mol. The Balaban J connectivity index is 2.48. The van der Waals surface area contributed by atoms with Crippen molar-refractivity contribution in [3.63, 3.8) is 0 Å². The first-order valence-corrected chi connectivity index (χ1v) is 6.11.